The lowest BCUT2D eigenvalue weighted by Gasteiger charge is -2.15. The average molecular weight is 416 g/mol. The number of benzene rings is 2. The summed E-state index contributed by atoms with van der Waals surface area (Å²) in [5.41, 5.74) is 17.1. The summed E-state index contributed by atoms with van der Waals surface area (Å²) in [6, 6.07) is 7.13. The van der Waals surface area contributed by atoms with Crippen molar-refractivity contribution < 1.29 is 17.6 Å². The third-order valence-corrected chi connectivity index (χ3v) is 4.84. The molecule has 0 fully saturated rings. The van der Waals surface area contributed by atoms with Crippen LogP contribution in [-0.4, -0.2) is 14.5 Å². The fraction of sp³-hybridized carbons (Fsp3) is 0.100. The van der Waals surface area contributed by atoms with E-state index in [2.05, 4.69) is 9.97 Å². The zero-order valence-electron chi connectivity index (χ0n) is 15.6. The molecule has 0 aliphatic heterocycles. The number of aromatic nitrogens is 3. The smallest absolute Gasteiger partial charge is 0.398 e. The van der Waals surface area contributed by atoms with Crippen molar-refractivity contribution in [3.8, 4) is 22.6 Å². The lowest BCUT2D eigenvalue weighted by atomic mass is 10.0. The maximum atomic E-state index is 14.3. The first-order chi connectivity index (χ1) is 14.1. The summed E-state index contributed by atoms with van der Waals surface area (Å²) in [5, 5.41) is 0.279. The van der Waals surface area contributed by atoms with Crippen LogP contribution in [0.15, 0.2) is 42.7 Å². The molecule has 10 heteroatoms. The first-order valence-corrected chi connectivity index (χ1v) is 8.71. The Morgan fingerprint density at radius 3 is 2.40 bits per heavy atom. The van der Waals surface area contributed by atoms with Crippen molar-refractivity contribution in [2.24, 2.45) is 7.05 Å². The van der Waals surface area contributed by atoms with E-state index < -0.39 is 23.3 Å². The van der Waals surface area contributed by atoms with Gasteiger partial charge in [0.15, 0.2) is 5.82 Å². The van der Waals surface area contributed by atoms with E-state index in [-0.39, 0.29) is 44.9 Å². The number of rotatable bonds is 2. The van der Waals surface area contributed by atoms with Gasteiger partial charge >= 0.3 is 6.18 Å². The quantitative estimate of drug-likeness (QED) is 0.335. The van der Waals surface area contributed by atoms with Crippen LogP contribution in [0, 0.1) is 5.82 Å². The first-order valence-electron chi connectivity index (χ1n) is 8.71. The minimum atomic E-state index is -4.74. The topological polar surface area (TPSA) is 109 Å². The monoisotopic (exact) mass is 416 g/mol. The first kappa shape index (κ1) is 19.5. The number of hydrogen-bond donors (Lipinski definition) is 3. The van der Waals surface area contributed by atoms with Gasteiger partial charge in [-0.1, -0.05) is 12.1 Å². The van der Waals surface area contributed by atoms with Crippen molar-refractivity contribution in [3.05, 3.63) is 54.1 Å². The fourth-order valence-electron chi connectivity index (χ4n) is 3.42. The third-order valence-electron chi connectivity index (χ3n) is 4.84. The van der Waals surface area contributed by atoms with Crippen LogP contribution in [-0.2, 0) is 13.2 Å². The van der Waals surface area contributed by atoms with Crippen molar-refractivity contribution in [1.82, 2.24) is 14.5 Å². The van der Waals surface area contributed by atoms with Crippen molar-refractivity contribution in [3.63, 3.8) is 0 Å². The molecular weight excluding hydrogens is 400 g/mol. The summed E-state index contributed by atoms with van der Waals surface area (Å²) in [5.74, 6) is -0.679. The number of para-hydroxylation sites is 1. The Morgan fingerprint density at radius 2 is 1.70 bits per heavy atom. The Labute approximate surface area is 167 Å². The molecule has 0 amide bonds. The number of fused-ring (bicyclic) bond motifs is 1. The molecule has 2 heterocycles. The lowest BCUT2D eigenvalue weighted by Crippen LogP contribution is -2.11. The van der Waals surface area contributed by atoms with Crippen LogP contribution in [0.4, 0.5) is 34.6 Å². The van der Waals surface area contributed by atoms with E-state index in [0.717, 1.165) is 0 Å². The van der Waals surface area contributed by atoms with Gasteiger partial charge in [0.05, 0.1) is 28.1 Å². The molecule has 0 unspecified atom stereocenters. The molecule has 0 atom stereocenters. The Balaban J connectivity index is 2.07. The summed E-state index contributed by atoms with van der Waals surface area (Å²) in [7, 11) is 1.54. The van der Waals surface area contributed by atoms with Gasteiger partial charge in [0.2, 0.25) is 0 Å². The van der Waals surface area contributed by atoms with Gasteiger partial charge in [0.25, 0.3) is 0 Å². The molecule has 0 spiro atoms. The molecule has 30 heavy (non-hydrogen) atoms. The number of anilines is 3. The largest absolute Gasteiger partial charge is 0.419 e. The molecule has 2 aromatic carbocycles. The number of halogens is 4. The van der Waals surface area contributed by atoms with E-state index in [0.29, 0.717) is 6.20 Å². The number of alkyl halides is 3. The standard InChI is InChI=1S/C20H16F4N6/c1-30-8-10(9-3-2-4-12(21)18(9)30)17-11(20(22,23)24)7-28-19(29-17)15-13(25)5-6-14(26)16(15)27/h2-8H,25-27H2,1H3. The molecule has 2 aromatic heterocycles. The zero-order valence-corrected chi connectivity index (χ0v) is 15.6. The normalized spacial score (nSPS) is 11.9. The third kappa shape index (κ3) is 2.97. The predicted molar refractivity (Wildman–Crippen MR) is 108 cm³/mol. The Bertz CT molecular complexity index is 1290. The van der Waals surface area contributed by atoms with Crippen LogP contribution >= 0.6 is 0 Å². The molecule has 4 aromatic rings. The molecule has 0 aliphatic carbocycles. The number of nitrogens with zero attached hydrogens (tertiary/aromatic N) is 3. The van der Waals surface area contributed by atoms with E-state index in [1.807, 2.05) is 0 Å². The van der Waals surface area contributed by atoms with Gasteiger partial charge < -0.3 is 21.8 Å². The SMILES string of the molecule is Cn1cc(-c2nc(-c3c(N)ccc(N)c3N)ncc2C(F)(F)F)c2cccc(F)c21. The van der Waals surface area contributed by atoms with Crippen molar-refractivity contribution in [1.29, 1.82) is 0 Å². The molecule has 154 valence electrons. The molecule has 0 aliphatic rings. The minimum absolute atomic E-state index is 0.0599. The molecule has 0 saturated heterocycles. The minimum Gasteiger partial charge on any atom is -0.398 e. The van der Waals surface area contributed by atoms with Crippen LogP contribution in [0.1, 0.15) is 5.56 Å². The second-order valence-electron chi connectivity index (χ2n) is 6.78. The van der Waals surface area contributed by atoms with E-state index in [4.69, 9.17) is 17.2 Å². The van der Waals surface area contributed by atoms with Gasteiger partial charge in [-0.15, -0.1) is 0 Å². The van der Waals surface area contributed by atoms with E-state index in [9.17, 15) is 17.6 Å². The number of hydrogen-bond acceptors (Lipinski definition) is 5. The second kappa shape index (κ2) is 6.61. The number of nitrogens with two attached hydrogens (primary N) is 3. The Kier molecular flexibility index (Phi) is 4.30. The maximum absolute atomic E-state index is 14.3. The maximum Gasteiger partial charge on any atom is 0.419 e. The van der Waals surface area contributed by atoms with Crippen LogP contribution in [0.5, 0.6) is 0 Å². The Morgan fingerprint density at radius 1 is 1.00 bits per heavy atom. The van der Waals surface area contributed by atoms with Crippen molar-refractivity contribution in [2.75, 3.05) is 17.2 Å². The highest BCUT2D eigenvalue weighted by molar-refractivity contribution is 5.97. The highest BCUT2D eigenvalue weighted by atomic mass is 19.4. The summed E-state index contributed by atoms with van der Waals surface area (Å²) >= 11 is 0. The van der Waals surface area contributed by atoms with Gasteiger partial charge in [-0.25, -0.2) is 14.4 Å². The molecule has 0 bridgehead atoms. The Hall–Kier alpha value is -3.82. The van der Waals surface area contributed by atoms with Crippen LogP contribution in [0.2, 0.25) is 0 Å². The molecule has 0 radical (unpaired) electrons. The van der Waals surface area contributed by atoms with Crippen molar-refractivity contribution in [2.45, 2.75) is 6.18 Å². The molecule has 6 N–H and O–H groups in total. The average Bonchev–Trinajstić information content (AvgIpc) is 3.02. The van der Waals surface area contributed by atoms with Gasteiger partial charge in [-0.05, 0) is 18.2 Å². The van der Waals surface area contributed by atoms with E-state index in [1.165, 1.54) is 48.1 Å². The van der Waals surface area contributed by atoms with E-state index >= 15 is 0 Å². The molecule has 4 rings (SSSR count). The van der Waals surface area contributed by atoms with Gasteiger partial charge in [-0.3, -0.25) is 0 Å². The molecule has 0 saturated carbocycles. The van der Waals surface area contributed by atoms with Gasteiger partial charge in [0, 0.05) is 36.1 Å². The van der Waals surface area contributed by atoms with Crippen LogP contribution in [0.3, 0.4) is 0 Å². The molecular formula is C20H16F4N6. The number of nitrogen functional groups attached to an aromatic ring is 3. The summed E-state index contributed by atoms with van der Waals surface area (Å²) in [4.78, 5) is 7.99. The van der Waals surface area contributed by atoms with E-state index in [1.54, 1.807) is 0 Å². The number of aryl methyl sites for hydroxylation is 1. The highest BCUT2D eigenvalue weighted by Crippen LogP contribution is 2.41. The zero-order chi connectivity index (χ0) is 21.8. The summed E-state index contributed by atoms with van der Waals surface area (Å²) in [6.07, 6.45) is -2.69. The second-order valence-corrected chi connectivity index (χ2v) is 6.78. The summed E-state index contributed by atoms with van der Waals surface area (Å²) < 4.78 is 56.9. The lowest BCUT2D eigenvalue weighted by molar-refractivity contribution is -0.137. The van der Waals surface area contributed by atoms with Gasteiger partial charge in [-0.2, -0.15) is 13.2 Å². The molecule has 6 nitrogen and oxygen atoms in total. The van der Waals surface area contributed by atoms with Crippen molar-refractivity contribution >= 4 is 28.0 Å². The van der Waals surface area contributed by atoms with Gasteiger partial charge in [0.1, 0.15) is 11.4 Å². The highest BCUT2D eigenvalue weighted by Gasteiger charge is 2.36. The van der Waals surface area contributed by atoms with Crippen LogP contribution in [0.25, 0.3) is 33.5 Å². The fourth-order valence-corrected chi connectivity index (χ4v) is 3.42. The van der Waals surface area contributed by atoms with Crippen LogP contribution < -0.4 is 17.2 Å². The predicted octanol–water partition coefficient (Wildman–Crippen LogP) is 4.21. The summed E-state index contributed by atoms with van der Waals surface area (Å²) in [6.45, 7) is 0.